The standard InChI is InChI=1S/C38H61F3O6Si2/c1-27(2)45-35(43)21-16-14-13-15-20-31-32(34(25-33(31)42)47-49(11,12)37(6,7)8)23-22-30(46-48(9,10)36(3,4)5)26-44-29-19-17-18-28(24-29)38(39,40)41/h13,15,17-19,22-24,27,30-32,34H,14,16,20-21,25-26H2,1-12H3/b15-13-,23-22+/t30?,31-,32-,34-/m1/s1. The first-order chi connectivity index (χ1) is 22.3. The van der Waals surface area contributed by atoms with Crippen LogP contribution in [0.4, 0.5) is 13.2 Å². The highest BCUT2D eigenvalue weighted by Gasteiger charge is 2.47. The Morgan fingerprint density at radius 3 is 2.18 bits per heavy atom. The quantitative estimate of drug-likeness (QED) is 0.0731. The molecule has 1 fully saturated rings. The van der Waals surface area contributed by atoms with E-state index in [-0.39, 0.29) is 58.2 Å². The number of esters is 1. The summed E-state index contributed by atoms with van der Waals surface area (Å²) in [4.78, 5) is 25.4. The van der Waals surface area contributed by atoms with Crippen LogP contribution in [0.5, 0.6) is 5.75 Å². The lowest BCUT2D eigenvalue weighted by molar-refractivity contribution is -0.147. The van der Waals surface area contributed by atoms with Crippen LogP contribution in [0.2, 0.25) is 36.3 Å². The van der Waals surface area contributed by atoms with Gasteiger partial charge >= 0.3 is 12.1 Å². The van der Waals surface area contributed by atoms with E-state index in [0.717, 1.165) is 12.1 Å². The van der Waals surface area contributed by atoms with Gasteiger partial charge in [-0.25, -0.2) is 0 Å². The van der Waals surface area contributed by atoms with Crippen LogP contribution in [0.15, 0.2) is 48.6 Å². The first-order valence-corrected chi connectivity index (χ1v) is 23.4. The largest absolute Gasteiger partial charge is 0.491 e. The number of carbonyl (C=O) groups is 2. The first-order valence-electron chi connectivity index (χ1n) is 17.6. The van der Waals surface area contributed by atoms with Crippen LogP contribution in [0.25, 0.3) is 0 Å². The van der Waals surface area contributed by atoms with Gasteiger partial charge in [0, 0.05) is 24.7 Å². The Kier molecular flexibility index (Phi) is 15.2. The Balaban J connectivity index is 2.37. The Labute approximate surface area is 295 Å². The fourth-order valence-electron chi connectivity index (χ4n) is 5.11. The van der Waals surface area contributed by atoms with E-state index in [1.54, 1.807) is 0 Å². The number of carbonyl (C=O) groups excluding carboxylic acids is 2. The van der Waals surface area contributed by atoms with Crippen molar-refractivity contribution in [3.05, 3.63) is 54.1 Å². The van der Waals surface area contributed by atoms with Crippen molar-refractivity contribution in [1.29, 1.82) is 0 Å². The Hall–Kier alpha value is -2.22. The second kappa shape index (κ2) is 17.3. The topological polar surface area (TPSA) is 71.1 Å². The number of hydrogen-bond acceptors (Lipinski definition) is 6. The molecule has 0 heterocycles. The van der Waals surface area contributed by atoms with E-state index in [2.05, 4.69) is 67.7 Å². The van der Waals surface area contributed by atoms with Crippen LogP contribution in [-0.4, -0.2) is 53.3 Å². The summed E-state index contributed by atoms with van der Waals surface area (Å²) >= 11 is 0. The number of halogens is 3. The summed E-state index contributed by atoms with van der Waals surface area (Å²) in [6.45, 7) is 25.2. The van der Waals surface area contributed by atoms with Crippen molar-refractivity contribution in [3.63, 3.8) is 0 Å². The van der Waals surface area contributed by atoms with E-state index in [9.17, 15) is 22.8 Å². The first kappa shape index (κ1) is 42.9. The molecule has 49 heavy (non-hydrogen) atoms. The lowest BCUT2D eigenvalue weighted by atomic mass is 9.90. The maximum atomic E-state index is 13.5. The van der Waals surface area contributed by atoms with Gasteiger partial charge in [0.2, 0.25) is 0 Å². The zero-order valence-electron chi connectivity index (χ0n) is 31.8. The number of alkyl halides is 3. The van der Waals surface area contributed by atoms with Crippen molar-refractivity contribution in [2.45, 2.75) is 148 Å². The lowest BCUT2D eigenvalue weighted by Crippen LogP contribution is -2.45. The van der Waals surface area contributed by atoms with E-state index in [4.69, 9.17) is 18.3 Å². The van der Waals surface area contributed by atoms with Crippen molar-refractivity contribution < 1.29 is 41.1 Å². The van der Waals surface area contributed by atoms with Gasteiger partial charge in [-0.1, -0.05) is 71.9 Å². The summed E-state index contributed by atoms with van der Waals surface area (Å²) < 4.78 is 64.9. The molecular weight excluding hydrogens is 666 g/mol. The fraction of sp³-hybridized carbons (Fsp3) is 0.684. The number of unbranched alkanes of at least 4 members (excludes halogenated alkanes) is 1. The van der Waals surface area contributed by atoms with E-state index in [1.165, 1.54) is 12.1 Å². The second-order valence-corrected chi connectivity index (χ2v) is 26.1. The highest BCUT2D eigenvalue weighted by atomic mass is 28.4. The van der Waals surface area contributed by atoms with Gasteiger partial charge in [-0.2, -0.15) is 13.2 Å². The summed E-state index contributed by atoms with van der Waals surface area (Å²) in [6, 6.07) is 4.86. The number of allylic oxidation sites excluding steroid dienone is 2. The Morgan fingerprint density at radius 1 is 0.980 bits per heavy atom. The molecule has 0 amide bonds. The Morgan fingerprint density at radius 2 is 1.61 bits per heavy atom. The van der Waals surface area contributed by atoms with Crippen LogP contribution in [0.1, 0.15) is 93.1 Å². The molecule has 1 aromatic carbocycles. The second-order valence-electron chi connectivity index (χ2n) is 16.5. The molecule has 2 rings (SSSR count). The SMILES string of the molecule is CC(C)OC(=O)CCC/C=C\C[C@H]1C(=O)C[C@@H](O[Si](C)(C)C(C)(C)C)[C@@H]1/C=C/C(COc1cccc(C(F)(F)F)c1)O[Si](C)(C)C(C)(C)C. The van der Waals surface area contributed by atoms with E-state index in [1.807, 2.05) is 38.2 Å². The predicted molar refractivity (Wildman–Crippen MR) is 196 cm³/mol. The van der Waals surface area contributed by atoms with Crippen molar-refractivity contribution >= 4 is 28.4 Å². The molecule has 0 spiro atoms. The molecule has 0 radical (unpaired) electrons. The summed E-state index contributed by atoms with van der Waals surface area (Å²) in [5.74, 6) is -0.470. The van der Waals surface area contributed by atoms with Crippen molar-refractivity contribution in [2.24, 2.45) is 11.8 Å². The molecule has 278 valence electrons. The highest BCUT2D eigenvalue weighted by Crippen LogP contribution is 2.43. The minimum Gasteiger partial charge on any atom is -0.491 e. The lowest BCUT2D eigenvalue weighted by Gasteiger charge is -2.40. The number of hydrogen-bond donors (Lipinski definition) is 0. The predicted octanol–water partition coefficient (Wildman–Crippen LogP) is 10.7. The third-order valence-corrected chi connectivity index (χ3v) is 19.0. The van der Waals surface area contributed by atoms with Gasteiger partial charge in [-0.3, -0.25) is 9.59 Å². The number of ether oxygens (including phenoxy) is 2. The third kappa shape index (κ3) is 13.4. The Bertz CT molecular complexity index is 1290. The molecule has 0 saturated heterocycles. The fourth-order valence-corrected chi connectivity index (χ4v) is 7.71. The van der Waals surface area contributed by atoms with E-state index >= 15 is 0 Å². The van der Waals surface area contributed by atoms with Crippen molar-refractivity contribution in [1.82, 2.24) is 0 Å². The van der Waals surface area contributed by atoms with Gasteiger partial charge in [-0.05, 0) is 87.6 Å². The third-order valence-electron chi connectivity index (χ3n) is 10.0. The molecule has 0 bridgehead atoms. The van der Waals surface area contributed by atoms with Crippen LogP contribution >= 0.6 is 0 Å². The summed E-state index contributed by atoms with van der Waals surface area (Å²) in [7, 11) is -4.56. The summed E-state index contributed by atoms with van der Waals surface area (Å²) in [5.41, 5.74) is -0.774. The van der Waals surface area contributed by atoms with E-state index < -0.39 is 34.5 Å². The molecule has 1 aromatic rings. The van der Waals surface area contributed by atoms with Gasteiger partial charge in [0.15, 0.2) is 16.6 Å². The van der Waals surface area contributed by atoms with Gasteiger partial charge in [0.05, 0.1) is 23.9 Å². The average Bonchev–Trinajstić information content (AvgIpc) is 3.22. The maximum Gasteiger partial charge on any atom is 0.416 e. The number of Topliss-reactive ketones (excluding diaryl/α,β-unsaturated/α-hetero) is 1. The number of benzene rings is 1. The van der Waals surface area contributed by atoms with Crippen molar-refractivity contribution in [2.75, 3.05) is 6.61 Å². The van der Waals surface area contributed by atoms with Crippen LogP contribution in [0.3, 0.4) is 0 Å². The molecule has 11 heteroatoms. The van der Waals surface area contributed by atoms with Crippen LogP contribution < -0.4 is 4.74 Å². The minimum absolute atomic E-state index is 0.0164. The zero-order chi connectivity index (χ0) is 37.4. The molecule has 1 unspecified atom stereocenters. The molecular formula is C38H61F3O6Si2. The van der Waals surface area contributed by atoms with Gasteiger partial charge in [0.25, 0.3) is 0 Å². The molecule has 1 aliphatic carbocycles. The van der Waals surface area contributed by atoms with E-state index in [0.29, 0.717) is 32.1 Å². The molecule has 0 aliphatic heterocycles. The summed E-state index contributed by atoms with van der Waals surface area (Å²) in [5, 5.41) is -0.169. The van der Waals surface area contributed by atoms with Crippen LogP contribution in [-0.2, 0) is 29.4 Å². The van der Waals surface area contributed by atoms with Gasteiger partial charge in [0.1, 0.15) is 18.1 Å². The summed E-state index contributed by atoms with van der Waals surface area (Å²) in [6.07, 6.45) is 5.09. The zero-order valence-corrected chi connectivity index (χ0v) is 33.8. The molecule has 0 N–H and O–H groups in total. The molecule has 4 atom stereocenters. The molecule has 1 aliphatic rings. The number of ketones is 1. The highest BCUT2D eigenvalue weighted by molar-refractivity contribution is 6.74. The molecule has 1 saturated carbocycles. The van der Waals surface area contributed by atoms with Crippen molar-refractivity contribution in [3.8, 4) is 5.75 Å². The minimum atomic E-state index is -4.48. The molecule has 0 aromatic heterocycles. The van der Waals surface area contributed by atoms with Gasteiger partial charge < -0.3 is 18.3 Å². The van der Waals surface area contributed by atoms with Crippen LogP contribution in [0, 0.1) is 11.8 Å². The normalized spacial score (nSPS) is 20.5. The molecule has 6 nitrogen and oxygen atoms in total. The average molecular weight is 727 g/mol. The maximum absolute atomic E-state index is 13.5. The number of rotatable bonds is 16. The smallest absolute Gasteiger partial charge is 0.416 e. The van der Waals surface area contributed by atoms with Gasteiger partial charge in [-0.15, -0.1) is 0 Å². The monoisotopic (exact) mass is 726 g/mol.